The van der Waals surface area contributed by atoms with Gasteiger partial charge in [0.1, 0.15) is 29.7 Å². The zero-order valence-electron chi connectivity index (χ0n) is 31.8. The standard InChI is InChI=1S/C40H49ClFN7O4Si/c1-6-35-45-46-38(49(35)25-50-18-19-54(3,4)5)27-20-33-39(43-22-27)48(23-29-14-17-51-29)36(44-33)24-47-15-12-26(13-16-47)30-8-7-9-34-37(30)53-40(2,52-34)31-11-10-28(41)21-32(31)42/h7-11,20-22,26,29H,6,12-19,23-25H2,1-5H3. The number of ether oxygens (including phenoxy) is 4. The Labute approximate surface area is 321 Å². The summed E-state index contributed by atoms with van der Waals surface area (Å²) in [6.45, 7) is 16.0. The van der Waals surface area contributed by atoms with Gasteiger partial charge >= 0.3 is 0 Å². The maximum absolute atomic E-state index is 15.0. The van der Waals surface area contributed by atoms with Crippen LogP contribution in [0, 0.1) is 5.82 Å². The fourth-order valence-corrected chi connectivity index (χ4v) is 8.56. The first kappa shape index (κ1) is 37.1. The van der Waals surface area contributed by atoms with E-state index in [0.29, 0.717) is 35.4 Å². The Balaban J connectivity index is 0.987. The van der Waals surface area contributed by atoms with Gasteiger partial charge in [0.15, 0.2) is 23.0 Å². The molecule has 286 valence electrons. The minimum atomic E-state index is -1.28. The fourth-order valence-electron chi connectivity index (χ4n) is 7.64. The molecule has 0 radical (unpaired) electrons. The molecular formula is C40H49ClFN7O4Si. The molecule has 0 amide bonds. The number of hydrogen-bond donors (Lipinski definition) is 0. The monoisotopic (exact) mass is 773 g/mol. The van der Waals surface area contributed by atoms with Gasteiger partial charge in [-0.15, -0.1) is 10.2 Å². The zero-order chi connectivity index (χ0) is 37.6. The molecule has 2 saturated heterocycles. The molecule has 0 N–H and O–H groups in total. The van der Waals surface area contributed by atoms with E-state index in [1.807, 2.05) is 18.3 Å². The zero-order valence-corrected chi connectivity index (χ0v) is 33.5. The average molecular weight is 774 g/mol. The van der Waals surface area contributed by atoms with Crippen molar-refractivity contribution in [3.05, 3.63) is 82.3 Å². The lowest BCUT2D eigenvalue weighted by atomic mass is 9.88. The van der Waals surface area contributed by atoms with Crippen molar-refractivity contribution in [3.63, 3.8) is 0 Å². The van der Waals surface area contributed by atoms with Crippen LogP contribution in [0.25, 0.3) is 22.6 Å². The summed E-state index contributed by atoms with van der Waals surface area (Å²) in [6, 6.07) is 13.7. The Kier molecular flexibility index (Phi) is 10.3. The van der Waals surface area contributed by atoms with Gasteiger partial charge in [-0.05, 0) is 74.6 Å². The minimum Gasteiger partial charge on any atom is -0.444 e. The lowest BCUT2D eigenvalue weighted by Gasteiger charge is -2.33. The molecule has 14 heteroatoms. The quantitative estimate of drug-likeness (QED) is 0.0867. The van der Waals surface area contributed by atoms with Crippen LogP contribution in [0.3, 0.4) is 0 Å². The number of fused-ring (bicyclic) bond motifs is 2. The lowest BCUT2D eigenvalue weighted by Crippen LogP contribution is -2.35. The Bertz CT molecular complexity index is 2140. The average Bonchev–Trinajstić information content (AvgIpc) is 3.80. The highest BCUT2D eigenvalue weighted by molar-refractivity contribution is 6.76. The van der Waals surface area contributed by atoms with Crippen LogP contribution in [-0.4, -0.2) is 74.7 Å². The number of benzene rings is 2. The van der Waals surface area contributed by atoms with Crippen LogP contribution >= 0.6 is 11.6 Å². The van der Waals surface area contributed by atoms with Gasteiger partial charge in [0.05, 0.1) is 24.8 Å². The molecule has 6 heterocycles. The van der Waals surface area contributed by atoms with Crippen molar-refractivity contribution in [2.45, 2.75) is 103 Å². The number of nitrogens with zero attached hydrogens (tertiary/aromatic N) is 7. The van der Waals surface area contributed by atoms with Gasteiger partial charge in [0.2, 0.25) is 0 Å². The molecule has 54 heavy (non-hydrogen) atoms. The van der Waals surface area contributed by atoms with Crippen LogP contribution in [-0.2, 0) is 41.5 Å². The number of imidazole rings is 1. The van der Waals surface area contributed by atoms with E-state index in [9.17, 15) is 4.39 Å². The van der Waals surface area contributed by atoms with Crippen LogP contribution in [0.1, 0.15) is 61.8 Å². The number of rotatable bonds is 13. The summed E-state index contributed by atoms with van der Waals surface area (Å²) in [4.78, 5) is 12.6. The van der Waals surface area contributed by atoms with Crippen molar-refractivity contribution >= 4 is 30.8 Å². The van der Waals surface area contributed by atoms with Crippen LogP contribution in [0.15, 0.2) is 48.7 Å². The van der Waals surface area contributed by atoms with Crippen molar-refractivity contribution < 1.29 is 23.3 Å². The molecule has 3 aliphatic rings. The van der Waals surface area contributed by atoms with Gasteiger partial charge in [0, 0.05) is 57.0 Å². The summed E-state index contributed by atoms with van der Waals surface area (Å²) >= 11 is 6.03. The first-order valence-corrected chi connectivity index (χ1v) is 23.2. The van der Waals surface area contributed by atoms with E-state index in [1.165, 1.54) is 6.07 Å². The molecule has 0 bridgehead atoms. The number of aromatic nitrogens is 6. The van der Waals surface area contributed by atoms with Crippen molar-refractivity contribution in [2.24, 2.45) is 0 Å². The molecule has 0 saturated carbocycles. The molecule has 2 unspecified atom stereocenters. The first-order chi connectivity index (χ1) is 26.0. The van der Waals surface area contributed by atoms with E-state index in [1.54, 1.807) is 19.1 Å². The molecule has 5 aromatic rings. The second-order valence-corrected chi connectivity index (χ2v) is 22.1. The van der Waals surface area contributed by atoms with E-state index >= 15 is 0 Å². The maximum Gasteiger partial charge on any atom is 0.278 e. The molecule has 2 atom stereocenters. The van der Waals surface area contributed by atoms with Gasteiger partial charge in [-0.3, -0.25) is 9.47 Å². The molecule has 2 aromatic carbocycles. The topological polar surface area (TPSA) is 102 Å². The minimum absolute atomic E-state index is 0.159. The van der Waals surface area contributed by atoms with Crippen LogP contribution < -0.4 is 9.47 Å². The summed E-state index contributed by atoms with van der Waals surface area (Å²) in [6.07, 6.45) is 5.71. The normalized spacial score (nSPS) is 20.5. The summed E-state index contributed by atoms with van der Waals surface area (Å²) in [7, 11) is -1.20. The second-order valence-electron chi connectivity index (χ2n) is 16.1. The maximum atomic E-state index is 15.0. The Morgan fingerprint density at radius 3 is 2.56 bits per heavy atom. The van der Waals surface area contributed by atoms with E-state index in [4.69, 9.17) is 40.5 Å². The lowest BCUT2D eigenvalue weighted by molar-refractivity contribution is -0.0712. The number of likely N-dealkylation sites (tertiary alicyclic amines) is 1. The molecule has 0 spiro atoms. The molecule has 3 aromatic heterocycles. The first-order valence-electron chi connectivity index (χ1n) is 19.1. The Morgan fingerprint density at radius 1 is 1.02 bits per heavy atom. The van der Waals surface area contributed by atoms with Crippen LogP contribution in [0.4, 0.5) is 4.39 Å². The number of piperidine rings is 1. The van der Waals surface area contributed by atoms with Gasteiger partial charge in [-0.2, -0.15) is 0 Å². The van der Waals surface area contributed by atoms with E-state index in [2.05, 4.69) is 62.9 Å². The summed E-state index contributed by atoms with van der Waals surface area (Å²) in [5.41, 5.74) is 3.97. The Morgan fingerprint density at radius 2 is 1.83 bits per heavy atom. The van der Waals surface area contributed by atoms with Gasteiger partial charge in [-0.25, -0.2) is 14.4 Å². The predicted octanol–water partition coefficient (Wildman–Crippen LogP) is 8.17. The summed E-state index contributed by atoms with van der Waals surface area (Å²) < 4.78 is 44.0. The highest BCUT2D eigenvalue weighted by Gasteiger charge is 2.43. The van der Waals surface area contributed by atoms with Gasteiger partial charge < -0.3 is 23.5 Å². The van der Waals surface area contributed by atoms with E-state index in [-0.39, 0.29) is 12.0 Å². The van der Waals surface area contributed by atoms with E-state index < -0.39 is 19.7 Å². The SMILES string of the molecule is CCc1nnc(-c2cnc3c(c2)nc(CN2CCC(c4cccc5c4OC(C)(c4ccc(Cl)cc4F)O5)CC2)n3CC2CCO2)n1COCC[Si](C)(C)C. The Hall–Kier alpha value is -3.88. The van der Waals surface area contributed by atoms with Gasteiger partial charge in [-0.1, -0.05) is 50.3 Å². The molecule has 8 rings (SSSR count). The van der Waals surface area contributed by atoms with Crippen LogP contribution in [0.5, 0.6) is 11.5 Å². The van der Waals surface area contributed by atoms with Crippen molar-refractivity contribution in [1.82, 2.24) is 34.2 Å². The molecular weight excluding hydrogens is 725 g/mol. The molecule has 0 aliphatic carbocycles. The number of halogens is 2. The summed E-state index contributed by atoms with van der Waals surface area (Å²) in [5.74, 6) is 2.47. The third kappa shape index (κ3) is 7.53. The van der Waals surface area contributed by atoms with Gasteiger partial charge in [0.25, 0.3) is 5.79 Å². The molecule has 11 nitrogen and oxygen atoms in total. The highest BCUT2D eigenvalue weighted by Crippen LogP contribution is 2.50. The third-order valence-electron chi connectivity index (χ3n) is 10.9. The second kappa shape index (κ2) is 15.0. The predicted molar refractivity (Wildman–Crippen MR) is 208 cm³/mol. The van der Waals surface area contributed by atoms with Crippen molar-refractivity contribution in [2.75, 3.05) is 26.3 Å². The highest BCUT2D eigenvalue weighted by atomic mass is 35.5. The summed E-state index contributed by atoms with van der Waals surface area (Å²) in [5, 5.41) is 9.38. The molecule has 3 aliphatic heterocycles. The molecule has 2 fully saturated rings. The van der Waals surface area contributed by atoms with Crippen LogP contribution in [0.2, 0.25) is 30.7 Å². The number of hydrogen-bond acceptors (Lipinski definition) is 9. The third-order valence-corrected chi connectivity index (χ3v) is 12.8. The number of para-hydroxylation sites is 1. The fraction of sp³-hybridized carbons (Fsp3) is 0.500. The van der Waals surface area contributed by atoms with Crippen molar-refractivity contribution in [1.29, 1.82) is 0 Å². The largest absolute Gasteiger partial charge is 0.444 e. The number of aryl methyl sites for hydroxylation is 1. The smallest absolute Gasteiger partial charge is 0.278 e. The van der Waals surface area contributed by atoms with Crippen molar-refractivity contribution in [3.8, 4) is 22.9 Å². The number of pyridine rings is 1. The van der Waals surface area contributed by atoms with E-state index in [0.717, 1.165) is 104 Å².